The fourth-order valence-electron chi connectivity index (χ4n) is 1.94. The number of esters is 2. The third-order valence-corrected chi connectivity index (χ3v) is 2.88. The topological polar surface area (TPSA) is 64.6 Å². The van der Waals surface area contributed by atoms with Gasteiger partial charge in [-0.15, -0.1) is 0 Å². The van der Waals surface area contributed by atoms with Gasteiger partial charge < -0.3 is 14.8 Å². The Morgan fingerprint density at radius 2 is 2.05 bits per heavy atom. The number of methoxy groups -OCH3 is 1. The first kappa shape index (κ1) is 13.1. The second-order valence-electron chi connectivity index (χ2n) is 4.25. The van der Waals surface area contributed by atoms with Gasteiger partial charge in [-0.05, 0) is 12.5 Å². The number of nitrogens with one attached hydrogen (secondary N) is 1. The maximum atomic E-state index is 11.8. The predicted octanol–water partition coefficient (Wildman–Crippen LogP) is 1.32. The van der Waals surface area contributed by atoms with Gasteiger partial charge in [0.1, 0.15) is 11.8 Å². The molecule has 5 nitrogen and oxygen atoms in total. The molecule has 100 valence electrons. The molecular formula is C14H15NO4. The second kappa shape index (κ2) is 5.56. The SMILES string of the molecule is COC(=O)/C=C1\N[C@H](C)[C@H](c2ccccc2)OC1=O. The lowest BCUT2D eigenvalue weighted by atomic mass is 10.0. The number of carbonyl (C=O) groups excluding carboxylic acids is 2. The van der Waals surface area contributed by atoms with E-state index < -0.39 is 11.9 Å². The molecule has 1 saturated heterocycles. The van der Waals surface area contributed by atoms with Crippen molar-refractivity contribution in [2.75, 3.05) is 7.11 Å². The number of rotatable bonds is 2. The number of hydrogen-bond donors (Lipinski definition) is 1. The lowest BCUT2D eigenvalue weighted by Crippen LogP contribution is -2.43. The fourth-order valence-corrected chi connectivity index (χ4v) is 1.94. The summed E-state index contributed by atoms with van der Waals surface area (Å²) >= 11 is 0. The molecule has 0 bridgehead atoms. The van der Waals surface area contributed by atoms with Crippen LogP contribution in [-0.4, -0.2) is 25.1 Å². The van der Waals surface area contributed by atoms with Gasteiger partial charge in [0.25, 0.3) is 0 Å². The number of cyclic esters (lactones) is 1. The normalized spacial score (nSPS) is 24.5. The van der Waals surface area contributed by atoms with Crippen molar-refractivity contribution >= 4 is 11.9 Å². The molecule has 19 heavy (non-hydrogen) atoms. The van der Waals surface area contributed by atoms with Crippen LogP contribution >= 0.6 is 0 Å². The summed E-state index contributed by atoms with van der Waals surface area (Å²) < 4.78 is 9.85. The molecule has 0 spiro atoms. The van der Waals surface area contributed by atoms with Crippen LogP contribution in [0, 0.1) is 0 Å². The maximum Gasteiger partial charge on any atom is 0.355 e. The summed E-state index contributed by atoms with van der Waals surface area (Å²) in [6.07, 6.45) is 0.726. The highest BCUT2D eigenvalue weighted by atomic mass is 16.5. The van der Waals surface area contributed by atoms with Crippen molar-refractivity contribution < 1.29 is 19.1 Å². The van der Waals surface area contributed by atoms with Crippen molar-refractivity contribution in [3.63, 3.8) is 0 Å². The lowest BCUT2D eigenvalue weighted by molar-refractivity contribution is -0.151. The molecule has 1 aliphatic heterocycles. The average molecular weight is 261 g/mol. The highest BCUT2D eigenvalue weighted by Crippen LogP contribution is 2.26. The molecule has 5 heteroatoms. The Morgan fingerprint density at radius 1 is 1.37 bits per heavy atom. The Bertz CT molecular complexity index is 509. The monoisotopic (exact) mass is 261 g/mol. The minimum Gasteiger partial charge on any atom is -0.466 e. The van der Waals surface area contributed by atoms with Gasteiger partial charge in [-0.3, -0.25) is 0 Å². The van der Waals surface area contributed by atoms with E-state index in [0.29, 0.717) is 0 Å². The van der Waals surface area contributed by atoms with Gasteiger partial charge in [0.15, 0.2) is 0 Å². The molecular weight excluding hydrogens is 246 g/mol. The van der Waals surface area contributed by atoms with Gasteiger partial charge in [-0.25, -0.2) is 9.59 Å². The molecule has 0 aliphatic carbocycles. The van der Waals surface area contributed by atoms with Gasteiger partial charge in [0.05, 0.1) is 19.2 Å². The lowest BCUT2D eigenvalue weighted by Gasteiger charge is -2.31. The van der Waals surface area contributed by atoms with Crippen LogP contribution in [-0.2, 0) is 19.1 Å². The Hall–Kier alpha value is -2.30. The van der Waals surface area contributed by atoms with E-state index in [0.717, 1.165) is 11.6 Å². The van der Waals surface area contributed by atoms with Crippen LogP contribution in [0.1, 0.15) is 18.6 Å². The van der Waals surface area contributed by atoms with Gasteiger partial charge in [-0.2, -0.15) is 0 Å². The van der Waals surface area contributed by atoms with Crippen molar-refractivity contribution in [3.05, 3.63) is 47.7 Å². The van der Waals surface area contributed by atoms with Crippen LogP contribution in [0.15, 0.2) is 42.1 Å². The highest BCUT2D eigenvalue weighted by molar-refractivity contribution is 5.96. The molecule has 1 heterocycles. The van der Waals surface area contributed by atoms with Crippen molar-refractivity contribution in [2.24, 2.45) is 0 Å². The largest absolute Gasteiger partial charge is 0.466 e. The summed E-state index contributed by atoms with van der Waals surface area (Å²) in [4.78, 5) is 23.0. The molecule has 0 radical (unpaired) electrons. The predicted molar refractivity (Wildman–Crippen MR) is 68.0 cm³/mol. The van der Waals surface area contributed by atoms with Gasteiger partial charge in [0.2, 0.25) is 0 Å². The van der Waals surface area contributed by atoms with E-state index in [1.165, 1.54) is 7.11 Å². The number of hydrogen-bond acceptors (Lipinski definition) is 5. The summed E-state index contributed by atoms with van der Waals surface area (Å²) in [5.41, 5.74) is 1.03. The van der Waals surface area contributed by atoms with Crippen LogP contribution in [0.25, 0.3) is 0 Å². The average Bonchev–Trinajstić information content (AvgIpc) is 2.43. The zero-order chi connectivity index (χ0) is 13.8. The van der Waals surface area contributed by atoms with E-state index in [2.05, 4.69) is 10.1 Å². The Balaban J connectivity index is 2.17. The Kier molecular flexibility index (Phi) is 3.85. The molecule has 1 aliphatic rings. The minimum absolute atomic E-state index is 0.117. The van der Waals surface area contributed by atoms with Crippen molar-refractivity contribution in [1.82, 2.24) is 5.32 Å². The van der Waals surface area contributed by atoms with Gasteiger partial charge >= 0.3 is 11.9 Å². The van der Waals surface area contributed by atoms with Crippen molar-refractivity contribution in [1.29, 1.82) is 0 Å². The summed E-state index contributed by atoms with van der Waals surface area (Å²) in [6, 6.07) is 9.33. The third-order valence-electron chi connectivity index (χ3n) is 2.88. The van der Waals surface area contributed by atoms with Crippen molar-refractivity contribution in [3.8, 4) is 0 Å². The van der Waals surface area contributed by atoms with E-state index >= 15 is 0 Å². The summed E-state index contributed by atoms with van der Waals surface area (Å²) in [5.74, 6) is -1.15. The van der Waals surface area contributed by atoms with E-state index in [-0.39, 0.29) is 17.8 Å². The zero-order valence-electron chi connectivity index (χ0n) is 10.8. The first-order valence-electron chi connectivity index (χ1n) is 5.94. The summed E-state index contributed by atoms with van der Waals surface area (Å²) in [7, 11) is 1.25. The molecule has 0 unspecified atom stereocenters. The molecule has 2 atom stereocenters. The minimum atomic E-state index is -0.593. The number of carbonyl (C=O) groups is 2. The fraction of sp³-hybridized carbons (Fsp3) is 0.286. The summed E-state index contributed by atoms with van der Waals surface area (Å²) in [5, 5.41) is 2.97. The standard InChI is InChI=1S/C14H15NO4/c1-9-13(10-6-4-3-5-7-10)19-14(17)11(15-9)8-12(16)18-2/h3-9,13,15H,1-2H3/b11-8-/t9-,13-/m1/s1. The highest BCUT2D eigenvalue weighted by Gasteiger charge is 2.32. The zero-order valence-corrected chi connectivity index (χ0v) is 10.8. The van der Waals surface area contributed by atoms with E-state index in [9.17, 15) is 9.59 Å². The van der Waals surface area contributed by atoms with Crippen LogP contribution in [0.4, 0.5) is 0 Å². The first-order valence-corrected chi connectivity index (χ1v) is 5.94. The van der Waals surface area contributed by atoms with Crippen LogP contribution < -0.4 is 5.32 Å². The van der Waals surface area contributed by atoms with E-state index in [1.807, 2.05) is 37.3 Å². The smallest absolute Gasteiger partial charge is 0.355 e. The summed E-state index contributed by atoms with van der Waals surface area (Å²) in [6.45, 7) is 1.88. The van der Waals surface area contributed by atoms with Crippen molar-refractivity contribution in [2.45, 2.75) is 19.1 Å². The molecule has 1 aromatic carbocycles. The van der Waals surface area contributed by atoms with Crippen LogP contribution in [0.5, 0.6) is 0 Å². The van der Waals surface area contributed by atoms with Crippen LogP contribution in [0.2, 0.25) is 0 Å². The third kappa shape index (κ3) is 2.93. The van der Waals surface area contributed by atoms with E-state index in [4.69, 9.17) is 4.74 Å². The molecule has 0 saturated carbocycles. The molecule has 0 aromatic heterocycles. The molecule has 1 fully saturated rings. The quantitative estimate of drug-likeness (QED) is 0.642. The number of benzene rings is 1. The van der Waals surface area contributed by atoms with Crippen LogP contribution in [0.3, 0.4) is 0 Å². The van der Waals surface area contributed by atoms with Gasteiger partial charge in [0, 0.05) is 0 Å². The Labute approximate surface area is 111 Å². The van der Waals surface area contributed by atoms with E-state index in [1.54, 1.807) is 0 Å². The first-order chi connectivity index (χ1) is 9.11. The molecule has 1 aromatic rings. The van der Waals surface area contributed by atoms with Gasteiger partial charge in [-0.1, -0.05) is 30.3 Å². The maximum absolute atomic E-state index is 11.8. The molecule has 1 N–H and O–H groups in total. The second-order valence-corrected chi connectivity index (χ2v) is 4.25. The number of ether oxygens (including phenoxy) is 2. The number of morpholine rings is 1. The Morgan fingerprint density at radius 3 is 2.68 bits per heavy atom. The molecule has 0 amide bonds. The molecule has 2 rings (SSSR count).